The Morgan fingerprint density at radius 1 is 0.411 bits per heavy atom. The minimum atomic E-state index is -0.803. The van der Waals surface area contributed by atoms with E-state index in [0.29, 0.717) is 68.8 Å². The Labute approximate surface area is 625 Å². The van der Waals surface area contributed by atoms with Crippen LogP contribution in [0.3, 0.4) is 0 Å². The molecule has 0 saturated heterocycles. The maximum atomic E-state index is 15.2. The Morgan fingerprint density at radius 3 is 1.24 bits per heavy atom. The number of amides is 3. The number of H-pyrrole nitrogens is 6. The molecule has 562 valence electrons. The van der Waals surface area contributed by atoms with Gasteiger partial charge in [-0.2, -0.15) is 15.3 Å². The van der Waals surface area contributed by atoms with Crippen molar-refractivity contribution in [2.45, 2.75) is 20.8 Å². The van der Waals surface area contributed by atoms with Crippen LogP contribution in [0.4, 0.5) is 61.2 Å². The van der Waals surface area contributed by atoms with Crippen molar-refractivity contribution >= 4 is 96.4 Å². The van der Waals surface area contributed by atoms with Gasteiger partial charge in [-0.15, -0.1) is 0 Å². The highest BCUT2D eigenvalue weighted by Gasteiger charge is 2.29. The van der Waals surface area contributed by atoms with Crippen molar-refractivity contribution in [1.29, 1.82) is 0 Å². The molecular weight excluding hydrogens is 1470 g/mol. The van der Waals surface area contributed by atoms with Crippen molar-refractivity contribution in [2.24, 2.45) is 0 Å². The molecule has 12 heterocycles. The average Bonchev–Trinajstić information content (AvgIpc) is 1.56. The van der Waals surface area contributed by atoms with Crippen LogP contribution in [-0.2, 0) is 0 Å². The molecule has 112 heavy (non-hydrogen) atoms. The van der Waals surface area contributed by atoms with Gasteiger partial charge in [-0.3, -0.25) is 44.6 Å². The average molecular weight is 1520 g/mol. The molecule has 12 N–H and O–H groups in total. The number of nitrogens with one attached hydrogen (secondary N) is 12. The van der Waals surface area contributed by atoms with Crippen LogP contribution in [0.2, 0.25) is 0 Å². The second kappa shape index (κ2) is 30.4. The van der Waals surface area contributed by atoms with Crippen LogP contribution in [0.25, 0.3) is 77.6 Å². The highest BCUT2D eigenvalue weighted by molar-refractivity contribution is 6.03. The van der Waals surface area contributed by atoms with Gasteiger partial charge in [0.1, 0.15) is 35.7 Å². The van der Waals surface area contributed by atoms with E-state index in [-0.39, 0.29) is 91.3 Å². The molecule has 0 spiro atoms. The third-order valence-electron chi connectivity index (χ3n) is 17.0. The summed E-state index contributed by atoms with van der Waals surface area (Å²) in [6.45, 7) is 5.20. The van der Waals surface area contributed by atoms with E-state index in [1.165, 1.54) is 39.3 Å². The van der Waals surface area contributed by atoms with E-state index in [0.717, 1.165) is 59.3 Å². The minimum absolute atomic E-state index is 0.0129. The number of aromatic amines is 6. The quantitative estimate of drug-likeness (QED) is 0.0355. The fourth-order valence-electron chi connectivity index (χ4n) is 11.8. The Bertz CT molecular complexity index is 6350. The number of carbonyl (C=O) groups is 3. The molecule has 38 heteroatoms. The summed E-state index contributed by atoms with van der Waals surface area (Å²) in [5.74, 6) is -6.12. The van der Waals surface area contributed by atoms with E-state index in [1.54, 1.807) is 75.8 Å². The lowest BCUT2D eigenvalue weighted by Gasteiger charge is -2.13. The Morgan fingerprint density at radius 2 is 0.812 bits per heavy atom. The molecular formula is C74H56F6N24O8. The van der Waals surface area contributed by atoms with Crippen molar-refractivity contribution in [3.8, 4) is 80.3 Å². The molecule has 3 amide bonds. The number of aryl methyl sites for hydroxylation is 3. The number of benzene rings is 5. The van der Waals surface area contributed by atoms with E-state index in [2.05, 4.69) is 122 Å². The zero-order valence-corrected chi connectivity index (χ0v) is 59.0. The number of fused-ring (bicyclic) bond motifs is 5. The SMILES string of the molecule is CNC(=O)c1c(Nc2cc(-c3ccc4c(c3)OCO4)[nH]n2)ncnc1Oc1cc(F)c2[nH]c(C)cc2c1F.CNC(=O)c1c(Nc2cc(-c3ccc4nccnc4c3)[nH]n2)ncnc1Oc1cc(F)c2[nH]c(C)cc2c1F.CNC(=O)c1c(Nc2cc(-c3ccccn3)[nH]n2)ncnc1Oc1cc(F)c2[nH]c(C)cc2c1F. The number of aromatic nitrogens is 18. The summed E-state index contributed by atoms with van der Waals surface area (Å²) in [5.41, 5.74) is 7.11. The number of pyridine rings is 1. The molecule has 0 radical (unpaired) electrons. The Kier molecular flexibility index (Phi) is 19.5. The molecule has 1 aliphatic heterocycles. The largest absolute Gasteiger partial charge is 0.454 e. The highest BCUT2D eigenvalue weighted by atomic mass is 19.1. The molecule has 0 aliphatic carbocycles. The van der Waals surface area contributed by atoms with Gasteiger partial charge < -0.3 is 70.5 Å². The zero-order valence-electron chi connectivity index (χ0n) is 59.0. The van der Waals surface area contributed by atoms with Crippen molar-refractivity contribution in [3.63, 3.8) is 0 Å². The molecule has 32 nitrogen and oxygen atoms in total. The summed E-state index contributed by atoms with van der Waals surface area (Å²) in [6.07, 6.45) is 8.27. The normalized spacial score (nSPS) is 11.4. The maximum Gasteiger partial charge on any atom is 0.260 e. The summed E-state index contributed by atoms with van der Waals surface area (Å²) >= 11 is 0. The molecule has 16 aromatic rings. The van der Waals surface area contributed by atoms with Gasteiger partial charge in [0.25, 0.3) is 17.7 Å². The van der Waals surface area contributed by atoms with Crippen LogP contribution >= 0.6 is 0 Å². The summed E-state index contributed by atoms with van der Waals surface area (Å²) < 4.78 is 117. The maximum absolute atomic E-state index is 15.2. The Balaban J connectivity index is 0.000000133. The van der Waals surface area contributed by atoms with Crippen LogP contribution in [0.15, 0.2) is 147 Å². The second-order valence-electron chi connectivity index (χ2n) is 24.4. The summed E-state index contributed by atoms with van der Waals surface area (Å²) in [4.78, 5) is 83.9. The third-order valence-corrected chi connectivity index (χ3v) is 17.0. The molecule has 11 aromatic heterocycles. The second-order valence-corrected chi connectivity index (χ2v) is 24.4. The minimum Gasteiger partial charge on any atom is -0.454 e. The fraction of sp³-hybridized carbons (Fsp3) is 0.0946. The van der Waals surface area contributed by atoms with E-state index >= 15 is 13.2 Å². The first kappa shape index (κ1) is 72.1. The van der Waals surface area contributed by atoms with Gasteiger partial charge in [0.05, 0.1) is 50.4 Å². The molecule has 5 aromatic carbocycles. The van der Waals surface area contributed by atoms with Crippen molar-refractivity contribution in [3.05, 3.63) is 215 Å². The Hall–Kier alpha value is -15.5. The van der Waals surface area contributed by atoms with Crippen LogP contribution in [0.5, 0.6) is 46.4 Å². The first-order chi connectivity index (χ1) is 54.3. The number of nitrogens with zero attached hydrogens (tertiary/aromatic N) is 12. The molecule has 0 atom stereocenters. The molecule has 1 aliphatic rings. The highest BCUT2D eigenvalue weighted by Crippen LogP contribution is 2.41. The van der Waals surface area contributed by atoms with Crippen molar-refractivity contribution < 1.29 is 64.4 Å². The lowest BCUT2D eigenvalue weighted by Crippen LogP contribution is -2.21. The van der Waals surface area contributed by atoms with Crippen LogP contribution in [-0.4, -0.2) is 136 Å². The monoisotopic (exact) mass is 1520 g/mol. The predicted molar refractivity (Wildman–Crippen MR) is 394 cm³/mol. The number of carbonyl (C=O) groups excluding carboxylic acids is 3. The van der Waals surface area contributed by atoms with Crippen molar-refractivity contribution in [2.75, 3.05) is 43.9 Å². The number of hydrogen-bond donors (Lipinski definition) is 12. The van der Waals surface area contributed by atoms with E-state index in [4.69, 9.17) is 23.7 Å². The molecule has 0 bridgehead atoms. The third kappa shape index (κ3) is 14.5. The van der Waals surface area contributed by atoms with Crippen molar-refractivity contribution in [1.82, 2.24) is 106 Å². The number of rotatable bonds is 18. The lowest BCUT2D eigenvalue weighted by atomic mass is 10.1. The number of halogens is 6. The van der Waals surface area contributed by atoms with E-state index < -0.39 is 69.9 Å². The summed E-state index contributed by atoms with van der Waals surface area (Å²) in [5, 5.41) is 37.7. The van der Waals surface area contributed by atoms with Gasteiger partial charge in [0, 0.05) is 120 Å². The lowest BCUT2D eigenvalue weighted by molar-refractivity contribution is 0.0952. The molecule has 0 fully saturated rings. The number of ether oxygens (including phenoxy) is 5. The topological polar surface area (TPSA) is 419 Å². The molecule has 17 rings (SSSR count). The predicted octanol–water partition coefficient (Wildman–Crippen LogP) is 13.6. The van der Waals surface area contributed by atoms with Crippen LogP contribution in [0, 0.1) is 55.7 Å². The van der Waals surface area contributed by atoms with Gasteiger partial charge in [-0.1, -0.05) is 12.1 Å². The summed E-state index contributed by atoms with van der Waals surface area (Å²) in [7, 11) is 4.22. The van der Waals surface area contributed by atoms with Crippen LogP contribution < -0.4 is 55.6 Å². The van der Waals surface area contributed by atoms with Gasteiger partial charge in [0.2, 0.25) is 24.4 Å². The first-order valence-corrected chi connectivity index (χ1v) is 33.4. The number of anilines is 6. The van der Waals surface area contributed by atoms with Crippen LogP contribution in [0.1, 0.15) is 48.2 Å². The smallest absolute Gasteiger partial charge is 0.260 e. The summed E-state index contributed by atoms with van der Waals surface area (Å²) in [6, 6.07) is 28.6. The molecule has 0 saturated carbocycles. The van der Waals surface area contributed by atoms with E-state index in [1.807, 2.05) is 36.4 Å². The fourth-order valence-corrected chi connectivity index (χ4v) is 11.8. The van der Waals surface area contributed by atoms with Gasteiger partial charge in [-0.05, 0) is 81.4 Å². The van der Waals surface area contributed by atoms with Gasteiger partial charge in [-0.25, -0.2) is 56.2 Å². The van der Waals surface area contributed by atoms with Gasteiger partial charge in [0.15, 0.2) is 98.6 Å². The zero-order chi connectivity index (χ0) is 78.0. The molecule has 0 unspecified atom stereocenters. The van der Waals surface area contributed by atoms with E-state index in [9.17, 15) is 27.6 Å². The standard InChI is InChI=1S/C26H19F2N9O2.C25H19F2N7O4.C23H18F2N8O2/c1-12-7-14-22(28)19(9-15(27)23(14)34-12)39-26-21(25(38)29-2)24(32-11-33-26)35-20-10-17(36-37-20)13-3-4-16-18(8-13)31-6-5-30-16;1-11-5-13-21(27)18(7-14(26)22(13)31-11)38-25-20(24(35)28-2)23(29-9-30-25)32-19-8-15(33-34-19)12-3-4-16-17(6-12)37-10-36-16;1-11-7-12-19(25)16(8-13(24)20(12)30-11)35-23-18(22(34)26-2)21(28-10-29-23)31-17-9-15(32-33-17)14-5-3-4-6-27-14/h3-11,34H,1-2H3,(H,29,38)(H2,32,33,35,36,37);3-9,31H,10H2,1-2H3,(H,28,35)(H2,29,30,32,33,34);3-10,30H,1-2H3,(H,26,34)(H2,28,29,31,32,33). The first-order valence-electron chi connectivity index (χ1n) is 33.4. The number of hydrogen-bond acceptors (Lipinski definition) is 23. The van der Waals surface area contributed by atoms with Gasteiger partial charge >= 0.3 is 0 Å².